The van der Waals surface area contributed by atoms with Gasteiger partial charge in [-0.3, -0.25) is 4.79 Å². The minimum atomic E-state index is -3.79. The van der Waals surface area contributed by atoms with Crippen LogP contribution in [0.25, 0.3) is 0 Å². The van der Waals surface area contributed by atoms with Crippen LogP contribution in [0.1, 0.15) is 61.4 Å². The summed E-state index contributed by atoms with van der Waals surface area (Å²) in [6.07, 6.45) is -10.0. The lowest BCUT2D eigenvalue weighted by atomic mass is 9.67. The van der Waals surface area contributed by atoms with Crippen LogP contribution in [0, 0.1) is 0 Å². The number of aliphatic carboxylic acids is 1. The third-order valence-electron chi connectivity index (χ3n) is 12.0. The number of carbonyl (C=O) groups is 4. The molecule has 14 N–H and O–H groups in total. The summed E-state index contributed by atoms with van der Waals surface area (Å²) < 4.78 is 35.5. The molecule has 1 unspecified atom stereocenters. The van der Waals surface area contributed by atoms with Crippen LogP contribution in [-0.2, 0) is 36.6 Å². The number of carbonyl (C=O) groups excluding carboxylic acids is 3. The maximum Gasteiger partial charge on any atom is 0.378 e. The minimum Gasteiger partial charge on any atom is -0.508 e. The number of ether oxygens (including phenoxy) is 6. The predicted octanol–water partition coefficient (Wildman–Crippen LogP) is 2.22. The summed E-state index contributed by atoms with van der Waals surface area (Å²) in [5.74, 6) is -24.8. The lowest BCUT2D eigenvalue weighted by molar-refractivity contribution is -0.268. The first-order valence-corrected chi connectivity index (χ1v) is 19.8. The highest BCUT2D eigenvalue weighted by molar-refractivity contribution is 5.92. The molecule has 0 spiro atoms. The molecule has 24 heteroatoms. The lowest BCUT2D eigenvalue weighted by Crippen LogP contribution is -2.69. The molecule has 4 aliphatic heterocycles. The molecule has 4 heterocycles. The zero-order valence-corrected chi connectivity index (χ0v) is 34.0. The molecule has 24 nitrogen and oxygen atoms in total. The second-order valence-corrected chi connectivity index (χ2v) is 16.2. The Hall–Kier alpha value is -9.06. The standard InChI is InChI=1S/C44H34O24/c45-15-5-20(47)17-10-29(65-40(58)13-1-22(49)33(55)23(50)2-13)36(63-27(17)7-15)19-9-26(53)35(57)37-32(19)38-43(68-37,12-31(54)67-44(38,62)42(60)61)39-30(11-18-21(48)6-16(46)8-28(18)64-39)66-41(59)14-3-24(51)34(56)25(52)4-14/h1-9,29-30,36,38-39,45-53,55-57,62H,10-12H2,(H,60,61)/t29-,30-,36-,38-,39+,43-,44?/m1/s1. The molecule has 4 aliphatic rings. The van der Waals surface area contributed by atoms with Gasteiger partial charge in [-0.15, -0.1) is 0 Å². The van der Waals surface area contributed by atoms with Gasteiger partial charge in [-0.25, -0.2) is 14.4 Å². The van der Waals surface area contributed by atoms with Crippen molar-refractivity contribution in [2.24, 2.45) is 0 Å². The molecule has 0 amide bonds. The Balaban J connectivity index is 1.25. The Kier molecular flexibility index (Phi) is 9.91. The molecule has 0 radical (unpaired) electrons. The van der Waals surface area contributed by atoms with Crippen LogP contribution in [0.15, 0.2) is 54.6 Å². The Morgan fingerprint density at radius 3 is 1.56 bits per heavy atom. The second kappa shape index (κ2) is 15.3. The third kappa shape index (κ3) is 6.79. The van der Waals surface area contributed by atoms with Crippen molar-refractivity contribution in [1.29, 1.82) is 0 Å². The fourth-order valence-corrected chi connectivity index (χ4v) is 9.08. The highest BCUT2D eigenvalue weighted by Gasteiger charge is 2.74. The van der Waals surface area contributed by atoms with E-state index in [1.807, 2.05) is 0 Å². The van der Waals surface area contributed by atoms with Crippen LogP contribution in [-0.4, -0.2) is 125 Å². The number of fused-ring (bicyclic) bond motifs is 5. The molecule has 5 aromatic carbocycles. The van der Waals surface area contributed by atoms with Crippen LogP contribution in [0.5, 0.6) is 86.2 Å². The van der Waals surface area contributed by atoms with Crippen molar-refractivity contribution in [3.05, 3.63) is 88.0 Å². The van der Waals surface area contributed by atoms with Crippen molar-refractivity contribution in [3.8, 4) is 86.2 Å². The molecular weight excluding hydrogens is 912 g/mol. The van der Waals surface area contributed by atoms with E-state index in [2.05, 4.69) is 0 Å². The van der Waals surface area contributed by atoms with Gasteiger partial charge in [-0.2, -0.15) is 0 Å². The van der Waals surface area contributed by atoms with Gasteiger partial charge >= 0.3 is 29.7 Å². The average Bonchev–Trinajstić information content (AvgIpc) is 3.62. The normalized spacial score (nSPS) is 24.3. The van der Waals surface area contributed by atoms with Gasteiger partial charge in [0.05, 0.1) is 17.5 Å². The van der Waals surface area contributed by atoms with Crippen LogP contribution in [0.4, 0.5) is 0 Å². The quantitative estimate of drug-likeness (QED) is 0.0632. The monoisotopic (exact) mass is 946 g/mol. The molecule has 1 saturated heterocycles. The van der Waals surface area contributed by atoms with E-state index in [1.54, 1.807) is 0 Å². The van der Waals surface area contributed by atoms with E-state index >= 15 is 0 Å². The number of aliphatic hydroxyl groups is 1. The fourth-order valence-electron chi connectivity index (χ4n) is 9.08. The Labute approximate surface area is 377 Å². The zero-order chi connectivity index (χ0) is 49.0. The first-order valence-electron chi connectivity index (χ1n) is 19.8. The van der Waals surface area contributed by atoms with E-state index in [0.29, 0.717) is 24.3 Å². The van der Waals surface area contributed by atoms with E-state index < -0.39 is 182 Å². The van der Waals surface area contributed by atoms with Crippen LogP contribution >= 0.6 is 0 Å². The topological polar surface area (TPSA) is 407 Å². The predicted molar refractivity (Wildman–Crippen MR) is 215 cm³/mol. The maximum absolute atomic E-state index is 13.8. The summed E-state index contributed by atoms with van der Waals surface area (Å²) in [6.45, 7) is 0. The number of hydrogen-bond acceptors (Lipinski definition) is 23. The zero-order valence-electron chi connectivity index (χ0n) is 34.0. The van der Waals surface area contributed by atoms with E-state index in [0.717, 1.165) is 30.3 Å². The summed E-state index contributed by atoms with van der Waals surface area (Å²) >= 11 is 0. The van der Waals surface area contributed by atoms with Crippen molar-refractivity contribution >= 4 is 23.9 Å². The molecule has 1 fully saturated rings. The van der Waals surface area contributed by atoms with Crippen molar-refractivity contribution in [2.75, 3.05) is 0 Å². The number of aromatic hydroxyl groups is 12. The number of hydrogen-bond donors (Lipinski definition) is 14. The van der Waals surface area contributed by atoms with Crippen LogP contribution < -0.4 is 14.2 Å². The van der Waals surface area contributed by atoms with Crippen molar-refractivity contribution in [1.82, 2.24) is 0 Å². The molecule has 0 bridgehead atoms. The number of benzene rings is 5. The summed E-state index contributed by atoms with van der Waals surface area (Å²) in [5, 5.41) is 149. The molecule has 9 rings (SSSR count). The summed E-state index contributed by atoms with van der Waals surface area (Å²) in [7, 11) is 0. The SMILES string of the molecule is O=C1C[C@@]2([C@H]3Oc4cc(O)cc(O)c4C[C@H]3OC(=O)c3cc(O)c(O)c(O)c3)Oc3c(O)c(O)cc([C@H]4Oc5cc(O)cc(O)c5C[C@H]4OC(=O)c4cc(O)c(O)c(O)c4)c3[C@H]2C(O)(C(=O)O)O1. The summed E-state index contributed by atoms with van der Waals surface area (Å²) in [4.78, 5) is 54.7. The van der Waals surface area contributed by atoms with Crippen molar-refractivity contribution in [3.63, 3.8) is 0 Å². The molecular formula is C44H34O24. The molecule has 354 valence electrons. The van der Waals surface area contributed by atoms with Crippen LogP contribution in [0.3, 0.4) is 0 Å². The fraction of sp³-hybridized carbons (Fsp3) is 0.227. The minimum absolute atomic E-state index is 0.104. The highest BCUT2D eigenvalue weighted by atomic mass is 16.7. The van der Waals surface area contributed by atoms with Crippen molar-refractivity contribution in [2.45, 2.75) is 61.0 Å². The number of carboxylic acids is 1. The van der Waals surface area contributed by atoms with E-state index in [-0.39, 0.29) is 22.6 Å². The maximum atomic E-state index is 13.8. The van der Waals surface area contributed by atoms with E-state index in [9.17, 15) is 90.7 Å². The lowest BCUT2D eigenvalue weighted by Gasteiger charge is -2.50. The third-order valence-corrected chi connectivity index (χ3v) is 12.0. The molecule has 0 saturated carbocycles. The average molecular weight is 947 g/mol. The van der Waals surface area contributed by atoms with Gasteiger partial charge in [0.15, 0.2) is 63.8 Å². The van der Waals surface area contributed by atoms with Gasteiger partial charge < -0.3 is 99.9 Å². The smallest absolute Gasteiger partial charge is 0.378 e. The Bertz CT molecular complexity index is 2990. The number of phenolic OH excluding ortho intramolecular Hbond substituents is 12. The highest BCUT2D eigenvalue weighted by Crippen LogP contribution is 2.64. The summed E-state index contributed by atoms with van der Waals surface area (Å²) in [6, 6.07) is 7.34. The molecule has 5 aromatic rings. The Morgan fingerprint density at radius 1 is 0.574 bits per heavy atom. The molecule has 68 heavy (non-hydrogen) atoms. The Morgan fingerprint density at radius 2 is 1.04 bits per heavy atom. The number of carboxylic acid groups (broad SMARTS) is 1. The van der Waals surface area contributed by atoms with Crippen LogP contribution in [0.2, 0.25) is 0 Å². The second-order valence-electron chi connectivity index (χ2n) is 16.2. The molecule has 0 aromatic heterocycles. The van der Waals surface area contributed by atoms with Gasteiger partial charge in [0.1, 0.15) is 52.6 Å². The number of esters is 3. The number of phenols is 12. The van der Waals surface area contributed by atoms with Gasteiger partial charge in [-0.1, -0.05) is 0 Å². The van der Waals surface area contributed by atoms with Gasteiger partial charge in [0.2, 0.25) is 5.75 Å². The van der Waals surface area contributed by atoms with E-state index in [4.69, 9.17) is 28.4 Å². The number of rotatable bonds is 7. The van der Waals surface area contributed by atoms with Crippen molar-refractivity contribution < 1.29 is 119 Å². The van der Waals surface area contributed by atoms with Gasteiger partial charge in [-0.05, 0) is 30.3 Å². The molecule has 0 aliphatic carbocycles. The van der Waals surface area contributed by atoms with Gasteiger partial charge in [0.25, 0.3) is 0 Å². The van der Waals surface area contributed by atoms with E-state index in [1.165, 1.54) is 0 Å². The summed E-state index contributed by atoms with van der Waals surface area (Å²) in [5.41, 5.74) is -5.42. The number of cyclic esters (lactones) is 1. The first kappa shape index (κ1) is 44.2. The van der Waals surface area contributed by atoms with Gasteiger partial charge in [0, 0.05) is 59.4 Å². The largest absolute Gasteiger partial charge is 0.508 e. The molecule has 7 atom stereocenters. The first-order chi connectivity index (χ1) is 32.0.